The average Bonchev–Trinajstić information content (AvgIpc) is 3.22. The van der Waals surface area contributed by atoms with Crippen LogP contribution in [0.25, 0.3) is 5.78 Å². The molecule has 3 aromatic rings. The van der Waals surface area contributed by atoms with Crippen LogP contribution in [-0.4, -0.2) is 56.6 Å². The van der Waals surface area contributed by atoms with Gasteiger partial charge in [-0.3, -0.25) is 4.79 Å². The number of fused-ring (bicyclic) bond motifs is 1. The molecule has 0 aromatic carbocycles. The van der Waals surface area contributed by atoms with E-state index in [1.54, 1.807) is 16.8 Å². The molecule has 1 fully saturated rings. The van der Waals surface area contributed by atoms with E-state index in [9.17, 15) is 4.79 Å². The fourth-order valence-corrected chi connectivity index (χ4v) is 3.05. The van der Waals surface area contributed by atoms with Crippen molar-refractivity contribution in [1.29, 1.82) is 0 Å². The van der Waals surface area contributed by atoms with E-state index in [2.05, 4.69) is 20.0 Å². The third kappa shape index (κ3) is 2.40. The van der Waals surface area contributed by atoms with Gasteiger partial charge in [0.25, 0.3) is 11.7 Å². The predicted molar refractivity (Wildman–Crippen MR) is 87.1 cm³/mol. The molecule has 0 atom stereocenters. The fraction of sp³-hybridized carbons (Fsp3) is 0.375. The molecule has 1 saturated heterocycles. The van der Waals surface area contributed by atoms with Crippen LogP contribution in [0.2, 0.25) is 0 Å². The number of hydrogen-bond donors (Lipinski definition) is 0. The number of anilines is 1. The number of carbonyl (C=O) groups excluding carboxylic acids is 1. The summed E-state index contributed by atoms with van der Waals surface area (Å²) < 4.78 is 6.98. The Bertz CT molecular complexity index is 891. The van der Waals surface area contributed by atoms with Crippen molar-refractivity contribution < 1.29 is 9.21 Å². The number of carbonyl (C=O) groups is 1. The van der Waals surface area contributed by atoms with Crippen molar-refractivity contribution in [2.45, 2.75) is 13.8 Å². The molecule has 0 aliphatic carbocycles. The van der Waals surface area contributed by atoms with Gasteiger partial charge in [-0.1, -0.05) is 0 Å². The maximum atomic E-state index is 12.6. The lowest BCUT2D eigenvalue weighted by atomic mass is 10.2. The highest BCUT2D eigenvalue weighted by Crippen LogP contribution is 2.19. The molecule has 0 N–H and O–H groups in total. The molecule has 0 unspecified atom stereocenters. The second-order valence-corrected chi connectivity index (χ2v) is 5.90. The SMILES string of the molecule is Cc1cc(N2CCN(C(=O)c3ccoc3C)CC2)n2ncnc2n1. The van der Waals surface area contributed by atoms with E-state index in [1.165, 1.54) is 6.33 Å². The molecular formula is C16H18N6O2. The topological polar surface area (TPSA) is 79.8 Å². The van der Waals surface area contributed by atoms with E-state index in [0.29, 0.717) is 30.2 Å². The van der Waals surface area contributed by atoms with Crippen molar-refractivity contribution in [3.63, 3.8) is 0 Å². The van der Waals surface area contributed by atoms with Crippen molar-refractivity contribution in [2.75, 3.05) is 31.1 Å². The molecule has 1 aliphatic heterocycles. The summed E-state index contributed by atoms with van der Waals surface area (Å²) in [5.74, 6) is 2.24. The van der Waals surface area contributed by atoms with Gasteiger partial charge in [-0.05, 0) is 19.9 Å². The van der Waals surface area contributed by atoms with E-state index >= 15 is 0 Å². The van der Waals surface area contributed by atoms with Gasteiger partial charge in [0, 0.05) is 37.9 Å². The molecule has 8 heteroatoms. The normalized spacial score (nSPS) is 15.2. The largest absolute Gasteiger partial charge is 0.469 e. The number of piperazine rings is 1. The molecule has 24 heavy (non-hydrogen) atoms. The fourth-order valence-electron chi connectivity index (χ4n) is 3.05. The summed E-state index contributed by atoms with van der Waals surface area (Å²) in [6.45, 7) is 6.54. The first-order valence-corrected chi connectivity index (χ1v) is 7.89. The second-order valence-electron chi connectivity index (χ2n) is 5.90. The molecule has 0 radical (unpaired) electrons. The summed E-state index contributed by atoms with van der Waals surface area (Å²) in [7, 11) is 0. The Labute approximate surface area is 138 Å². The van der Waals surface area contributed by atoms with Gasteiger partial charge < -0.3 is 14.2 Å². The smallest absolute Gasteiger partial charge is 0.257 e. The number of nitrogens with zero attached hydrogens (tertiary/aromatic N) is 6. The lowest BCUT2D eigenvalue weighted by molar-refractivity contribution is 0.0744. The van der Waals surface area contributed by atoms with Crippen LogP contribution >= 0.6 is 0 Å². The highest BCUT2D eigenvalue weighted by atomic mass is 16.3. The van der Waals surface area contributed by atoms with Gasteiger partial charge in [0.1, 0.15) is 17.9 Å². The Morgan fingerprint density at radius 2 is 2.00 bits per heavy atom. The molecule has 0 bridgehead atoms. The summed E-state index contributed by atoms with van der Waals surface area (Å²) in [6.07, 6.45) is 3.06. The van der Waals surface area contributed by atoms with Crippen LogP contribution in [0.5, 0.6) is 0 Å². The Hall–Kier alpha value is -2.90. The Morgan fingerprint density at radius 3 is 2.71 bits per heavy atom. The van der Waals surface area contributed by atoms with Gasteiger partial charge in [-0.2, -0.15) is 14.6 Å². The minimum Gasteiger partial charge on any atom is -0.469 e. The molecular weight excluding hydrogens is 308 g/mol. The lowest BCUT2D eigenvalue weighted by Crippen LogP contribution is -2.49. The van der Waals surface area contributed by atoms with E-state index < -0.39 is 0 Å². The first kappa shape index (κ1) is 14.7. The maximum absolute atomic E-state index is 12.6. The summed E-state index contributed by atoms with van der Waals surface area (Å²) in [5.41, 5.74) is 1.54. The van der Waals surface area contributed by atoms with Gasteiger partial charge >= 0.3 is 0 Å². The number of aromatic nitrogens is 4. The van der Waals surface area contributed by atoms with E-state index in [4.69, 9.17) is 4.42 Å². The van der Waals surface area contributed by atoms with Crippen molar-refractivity contribution in [2.24, 2.45) is 0 Å². The minimum absolute atomic E-state index is 0.0257. The van der Waals surface area contributed by atoms with Gasteiger partial charge in [0.05, 0.1) is 11.8 Å². The zero-order valence-electron chi connectivity index (χ0n) is 13.6. The Morgan fingerprint density at radius 1 is 1.21 bits per heavy atom. The number of hydrogen-bond acceptors (Lipinski definition) is 6. The van der Waals surface area contributed by atoms with Crippen LogP contribution in [0.15, 0.2) is 29.1 Å². The Balaban J connectivity index is 1.53. The van der Waals surface area contributed by atoms with E-state index in [0.717, 1.165) is 24.6 Å². The van der Waals surface area contributed by atoms with E-state index in [-0.39, 0.29) is 5.91 Å². The molecule has 4 rings (SSSR count). The average molecular weight is 326 g/mol. The third-order valence-corrected chi connectivity index (χ3v) is 4.34. The van der Waals surface area contributed by atoms with Crippen LogP contribution in [0, 0.1) is 13.8 Å². The van der Waals surface area contributed by atoms with Crippen LogP contribution in [0.3, 0.4) is 0 Å². The number of aryl methyl sites for hydroxylation is 2. The summed E-state index contributed by atoms with van der Waals surface area (Å²) in [4.78, 5) is 25.2. The summed E-state index contributed by atoms with van der Waals surface area (Å²) >= 11 is 0. The molecule has 4 heterocycles. The number of rotatable bonds is 2. The standard InChI is InChI=1S/C16H18N6O2/c1-11-9-14(22-16(19-11)17-10-18-22)20-4-6-21(7-5-20)15(23)13-3-8-24-12(13)2/h3,8-10H,4-7H2,1-2H3. The highest BCUT2D eigenvalue weighted by Gasteiger charge is 2.25. The van der Waals surface area contributed by atoms with Gasteiger partial charge in [-0.15, -0.1) is 0 Å². The molecule has 1 amide bonds. The summed E-state index contributed by atoms with van der Waals surface area (Å²) in [6, 6.07) is 3.73. The number of amides is 1. The van der Waals surface area contributed by atoms with Crippen molar-refractivity contribution >= 4 is 17.5 Å². The zero-order chi connectivity index (χ0) is 16.7. The van der Waals surface area contributed by atoms with Gasteiger partial charge in [0.2, 0.25) is 0 Å². The maximum Gasteiger partial charge on any atom is 0.257 e. The van der Waals surface area contributed by atoms with Gasteiger partial charge in [-0.25, -0.2) is 4.98 Å². The molecule has 124 valence electrons. The molecule has 0 saturated carbocycles. The van der Waals surface area contributed by atoms with Crippen LogP contribution in [-0.2, 0) is 0 Å². The Kier molecular flexibility index (Phi) is 3.44. The van der Waals surface area contributed by atoms with Crippen molar-refractivity contribution in [3.05, 3.63) is 41.7 Å². The predicted octanol–water partition coefficient (Wildman–Crippen LogP) is 1.30. The quantitative estimate of drug-likeness (QED) is 0.706. The second kappa shape index (κ2) is 5.63. The molecule has 8 nitrogen and oxygen atoms in total. The monoisotopic (exact) mass is 326 g/mol. The van der Waals surface area contributed by atoms with Crippen LogP contribution in [0.1, 0.15) is 21.8 Å². The molecule has 0 spiro atoms. The van der Waals surface area contributed by atoms with Crippen molar-refractivity contribution in [3.8, 4) is 0 Å². The van der Waals surface area contributed by atoms with Crippen molar-refractivity contribution in [1.82, 2.24) is 24.5 Å². The first-order valence-electron chi connectivity index (χ1n) is 7.89. The minimum atomic E-state index is 0.0257. The third-order valence-electron chi connectivity index (χ3n) is 4.34. The zero-order valence-corrected chi connectivity index (χ0v) is 13.6. The highest BCUT2D eigenvalue weighted by molar-refractivity contribution is 5.95. The lowest BCUT2D eigenvalue weighted by Gasteiger charge is -2.35. The van der Waals surface area contributed by atoms with Crippen LogP contribution < -0.4 is 4.90 Å². The molecule has 3 aromatic heterocycles. The van der Waals surface area contributed by atoms with Gasteiger partial charge in [0.15, 0.2) is 0 Å². The van der Waals surface area contributed by atoms with Crippen LogP contribution in [0.4, 0.5) is 5.82 Å². The summed E-state index contributed by atoms with van der Waals surface area (Å²) in [5, 5.41) is 4.25. The first-order chi connectivity index (χ1) is 11.6. The molecule has 1 aliphatic rings. The van der Waals surface area contributed by atoms with E-state index in [1.807, 2.05) is 24.8 Å². The number of furan rings is 1.